The van der Waals surface area contributed by atoms with E-state index in [1.165, 1.54) is 0 Å². The second kappa shape index (κ2) is 5.64. The van der Waals surface area contributed by atoms with Gasteiger partial charge in [-0.05, 0) is 27.7 Å². The Morgan fingerprint density at radius 1 is 1.56 bits per heavy atom. The second-order valence-electron chi connectivity index (χ2n) is 4.89. The number of morpholine rings is 1. The molecule has 0 aromatic carbocycles. The fourth-order valence-electron chi connectivity index (χ4n) is 1.86. The molecule has 0 bridgehead atoms. The molecule has 0 aromatic rings. The summed E-state index contributed by atoms with van der Waals surface area (Å²) in [6, 6.07) is 0. The van der Waals surface area contributed by atoms with Gasteiger partial charge in [-0.3, -0.25) is 4.79 Å². The summed E-state index contributed by atoms with van der Waals surface area (Å²) in [7, 11) is 0. The lowest BCUT2D eigenvalue weighted by molar-refractivity contribution is -0.153. The van der Waals surface area contributed by atoms with Crippen molar-refractivity contribution in [2.45, 2.75) is 45.8 Å². The molecule has 94 valence electrons. The van der Waals surface area contributed by atoms with Gasteiger partial charge in [0.25, 0.3) is 0 Å². The number of amides is 1. The number of ether oxygens (including phenoxy) is 2. The van der Waals surface area contributed by atoms with Crippen molar-refractivity contribution in [3.05, 3.63) is 0 Å². The van der Waals surface area contributed by atoms with Crippen molar-refractivity contribution in [3.63, 3.8) is 0 Å². The minimum Gasteiger partial charge on any atom is -0.381 e. The van der Waals surface area contributed by atoms with E-state index in [1.807, 2.05) is 32.6 Å². The molecule has 1 aliphatic rings. The first-order valence-corrected chi connectivity index (χ1v) is 5.97. The van der Waals surface area contributed by atoms with Gasteiger partial charge in [-0.1, -0.05) is 0 Å². The van der Waals surface area contributed by atoms with Crippen LogP contribution in [0.3, 0.4) is 0 Å². The van der Waals surface area contributed by atoms with Gasteiger partial charge in [-0.15, -0.1) is 0 Å². The van der Waals surface area contributed by atoms with Gasteiger partial charge >= 0.3 is 0 Å². The van der Waals surface area contributed by atoms with Crippen LogP contribution < -0.4 is 0 Å². The number of carbonyl (C=O) groups excluding carboxylic acids is 1. The van der Waals surface area contributed by atoms with Gasteiger partial charge in [0.1, 0.15) is 0 Å². The van der Waals surface area contributed by atoms with Crippen molar-refractivity contribution in [1.29, 1.82) is 0 Å². The van der Waals surface area contributed by atoms with Crippen molar-refractivity contribution >= 4 is 5.91 Å². The molecule has 1 aliphatic heterocycles. The third-order valence-electron chi connectivity index (χ3n) is 2.86. The molecule has 0 saturated carbocycles. The number of hydrogen-bond acceptors (Lipinski definition) is 3. The van der Waals surface area contributed by atoms with Crippen LogP contribution in [0, 0.1) is 0 Å². The molecule has 16 heavy (non-hydrogen) atoms. The largest absolute Gasteiger partial charge is 0.381 e. The molecule has 4 heteroatoms. The van der Waals surface area contributed by atoms with Crippen LogP contribution in [0.4, 0.5) is 0 Å². The molecule has 1 fully saturated rings. The summed E-state index contributed by atoms with van der Waals surface area (Å²) in [4.78, 5) is 13.9. The molecule has 1 unspecified atom stereocenters. The number of hydrogen-bond donors (Lipinski definition) is 0. The van der Waals surface area contributed by atoms with E-state index in [9.17, 15) is 4.79 Å². The molecule has 0 aliphatic carbocycles. The normalized spacial score (nSPS) is 24.5. The van der Waals surface area contributed by atoms with Crippen molar-refractivity contribution in [3.8, 4) is 0 Å². The first-order valence-electron chi connectivity index (χ1n) is 5.97. The summed E-state index contributed by atoms with van der Waals surface area (Å²) in [6.07, 6.45) is 0.591. The van der Waals surface area contributed by atoms with Crippen LogP contribution in [0.1, 0.15) is 34.1 Å². The fraction of sp³-hybridized carbons (Fsp3) is 0.917. The van der Waals surface area contributed by atoms with Gasteiger partial charge in [-0.2, -0.15) is 0 Å². The average molecular weight is 229 g/mol. The van der Waals surface area contributed by atoms with Crippen LogP contribution in [0.25, 0.3) is 0 Å². The molecule has 0 radical (unpaired) electrons. The van der Waals surface area contributed by atoms with E-state index in [2.05, 4.69) is 0 Å². The Kier molecular flexibility index (Phi) is 4.74. The van der Waals surface area contributed by atoms with E-state index in [1.54, 1.807) is 0 Å². The summed E-state index contributed by atoms with van der Waals surface area (Å²) >= 11 is 0. The third-order valence-corrected chi connectivity index (χ3v) is 2.86. The van der Waals surface area contributed by atoms with Crippen LogP contribution in [-0.4, -0.2) is 48.8 Å². The Labute approximate surface area is 97.9 Å². The Balaban J connectivity index is 2.51. The predicted molar refractivity (Wildman–Crippen MR) is 62.3 cm³/mol. The van der Waals surface area contributed by atoms with Crippen molar-refractivity contribution < 1.29 is 14.3 Å². The summed E-state index contributed by atoms with van der Waals surface area (Å²) in [5.41, 5.74) is -0.199. The summed E-state index contributed by atoms with van der Waals surface area (Å²) in [5.74, 6) is 0.161. The Bertz CT molecular complexity index is 240. The van der Waals surface area contributed by atoms with E-state index in [0.29, 0.717) is 32.8 Å². The highest BCUT2D eigenvalue weighted by molar-refractivity contribution is 5.77. The number of rotatable bonds is 4. The zero-order valence-electron chi connectivity index (χ0n) is 10.8. The van der Waals surface area contributed by atoms with Gasteiger partial charge in [0.15, 0.2) is 0 Å². The van der Waals surface area contributed by atoms with Gasteiger partial charge in [-0.25, -0.2) is 0 Å². The maximum absolute atomic E-state index is 12.0. The molecule has 1 heterocycles. The number of nitrogens with zero attached hydrogens (tertiary/aromatic N) is 1. The molecule has 0 N–H and O–H groups in total. The van der Waals surface area contributed by atoms with Gasteiger partial charge in [0.2, 0.25) is 5.91 Å². The summed E-state index contributed by atoms with van der Waals surface area (Å²) in [6.45, 7) is 10.5. The lowest BCUT2D eigenvalue weighted by Crippen LogP contribution is -2.57. The Morgan fingerprint density at radius 3 is 2.88 bits per heavy atom. The van der Waals surface area contributed by atoms with Crippen LogP contribution in [0.2, 0.25) is 0 Å². The SMILES string of the molecule is CCOCCC(=O)N1CC(C)OCC1(C)C. The lowest BCUT2D eigenvalue weighted by Gasteiger charge is -2.44. The highest BCUT2D eigenvalue weighted by Gasteiger charge is 2.36. The summed E-state index contributed by atoms with van der Waals surface area (Å²) in [5, 5.41) is 0. The zero-order chi connectivity index (χ0) is 12.2. The topological polar surface area (TPSA) is 38.8 Å². The first-order chi connectivity index (χ1) is 7.47. The van der Waals surface area contributed by atoms with Crippen LogP contribution >= 0.6 is 0 Å². The average Bonchev–Trinajstić information content (AvgIpc) is 2.22. The molecule has 1 saturated heterocycles. The standard InChI is InChI=1S/C12H23NO3/c1-5-15-7-6-11(14)13-8-10(2)16-9-12(13,3)4/h10H,5-9H2,1-4H3. The van der Waals surface area contributed by atoms with Crippen molar-refractivity contribution in [1.82, 2.24) is 4.90 Å². The number of carbonyl (C=O) groups is 1. The van der Waals surface area contributed by atoms with Crippen molar-refractivity contribution in [2.75, 3.05) is 26.4 Å². The first kappa shape index (κ1) is 13.5. The van der Waals surface area contributed by atoms with E-state index >= 15 is 0 Å². The van der Waals surface area contributed by atoms with E-state index in [4.69, 9.17) is 9.47 Å². The second-order valence-corrected chi connectivity index (χ2v) is 4.89. The molecule has 0 aromatic heterocycles. The zero-order valence-corrected chi connectivity index (χ0v) is 10.8. The molecule has 0 spiro atoms. The van der Waals surface area contributed by atoms with E-state index < -0.39 is 0 Å². The molecule has 1 atom stereocenters. The Hall–Kier alpha value is -0.610. The molecule has 4 nitrogen and oxygen atoms in total. The maximum atomic E-state index is 12.0. The smallest absolute Gasteiger partial charge is 0.225 e. The van der Waals surface area contributed by atoms with Crippen LogP contribution in [0.15, 0.2) is 0 Å². The van der Waals surface area contributed by atoms with Gasteiger partial charge in [0, 0.05) is 13.2 Å². The molecular weight excluding hydrogens is 206 g/mol. The molecular formula is C12H23NO3. The quantitative estimate of drug-likeness (QED) is 0.685. The lowest BCUT2D eigenvalue weighted by atomic mass is 10.0. The highest BCUT2D eigenvalue weighted by Crippen LogP contribution is 2.22. The third kappa shape index (κ3) is 3.46. The minimum atomic E-state index is -0.199. The predicted octanol–water partition coefficient (Wildman–Crippen LogP) is 1.44. The monoisotopic (exact) mass is 229 g/mol. The highest BCUT2D eigenvalue weighted by atomic mass is 16.5. The van der Waals surface area contributed by atoms with E-state index in [-0.39, 0.29) is 17.6 Å². The van der Waals surface area contributed by atoms with Crippen LogP contribution in [-0.2, 0) is 14.3 Å². The van der Waals surface area contributed by atoms with Crippen LogP contribution in [0.5, 0.6) is 0 Å². The van der Waals surface area contributed by atoms with Gasteiger partial charge < -0.3 is 14.4 Å². The van der Waals surface area contributed by atoms with Crippen molar-refractivity contribution in [2.24, 2.45) is 0 Å². The summed E-state index contributed by atoms with van der Waals surface area (Å²) < 4.78 is 10.8. The van der Waals surface area contributed by atoms with E-state index in [0.717, 1.165) is 0 Å². The maximum Gasteiger partial charge on any atom is 0.225 e. The molecule has 1 rings (SSSR count). The fourth-order valence-corrected chi connectivity index (χ4v) is 1.86. The Morgan fingerprint density at radius 2 is 2.25 bits per heavy atom. The molecule has 1 amide bonds. The van der Waals surface area contributed by atoms with Gasteiger partial charge in [0.05, 0.1) is 31.3 Å². The minimum absolute atomic E-state index is 0.129.